The van der Waals surface area contributed by atoms with Gasteiger partial charge in [-0.1, -0.05) is 13.3 Å². The summed E-state index contributed by atoms with van der Waals surface area (Å²) in [4.78, 5) is 22.0. The first-order chi connectivity index (χ1) is 9.08. The van der Waals surface area contributed by atoms with Crippen LogP contribution in [0.25, 0.3) is 0 Å². The van der Waals surface area contributed by atoms with Crippen molar-refractivity contribution in [1.29, 1.82) is 0 Å². The molecule has 6 nitrogen and oxygen atoms in total. The lowest BCUT2D eigenvalue weighted by Gasteiger charge is -2.08. The predicted molar refractivity (Wildman–Crippen MR) is 71.2 cm³/mol. The molecular weight excluding hydrogens is 246 g/mol. The van der Waals surface area contributed by atoms with Crippen LogP contribution in [-0.2, 0) is 11.2 Å². The highest BCUT2D eigenvalue weighted by Crippen LogP contribution is 2.40. The van der Waals surface area contributed by atoms with E-state index in [-0.39, 0.29) is 18.0 Å². The van der Waals surface area contributed by atoms with Gasteiger partial charge in [-0.3, -0.25) is 14.9 Å². The van der Waals surface area contributed by atoms with Gasteiger partial charge in [-0.05, 0) is 24.0 Å². The van der Waals surface area contributed by atoms with Gasteiger partial charge in [0.2, 0.25) is 5.91 Å². The van der Waals surface area contributed by atoms with E-state index in [2.05, 4.69) is 17.6 Å². The molecule has 0 saturated heterocycles. The quantitative estimate of drug-likeness (QED) is 0.643. The van der Waals surface area contributed by atoms with Crippen LogP contribution in [0, 0.1) is 16.0 Å². The van der Waals surface area contributed by atoms with Gasteiger partial charge < -0.3 is 10.6 Å². The Labute approximate surface area is 110 Å². The van der Waals surface area contributed by atoms with E-state index in [4.69, 9.17) is 0 Å². The number of carbonyl (C=O) groups is 1. The summed E-state index contributed by atoms with van der Waals surface area (Å²) in [5.74, 6) is 0.488. The molecule has 1 aromatic carbocycles. The molecule has 3 rings (SSSR count). The fraction of sp³-hybridized carbons (Fsp3) is 0.462. The van der Waals surface area contributed by atoms with Crippen molar-refractivity contribution in [2.45, 2.75) is 32.2 Å². The van der Waals surface area contributed by atoms with Gasteiger partial charge in [0.25, 0.3) is 5.69 Å². The lowest BCUT2D eigenvalue weighted by atomic mass is 10.1. The van der Waals surface area contributed by atoms with Crippen LogP contribution in [0.3, 0.4) is 0 Å². The fourth-order valence-electron chi connectivity index (χ4n) is 2.60. The molecule has 1 saturated carbocycles. The second kappa shape index (κ2) is 4.22. The van der Waals surface area contributed by atoms with E-state index in [0.717, 1.165) is 12.8 Å². The summed E-state index contributed by atoms with van der Waals surface area (Å²) < 4.78 is 0. The van der Waals surface area contributed by atoms with E-state index in [1.165, 1.54) is 6.07 Å². The van der Waals surface area contributed by atoms with Crippen LogP contribution in [0.2, 0.25) is 0 Å². The first-order valence-electron chi connectivity index (χ1n) is 6.46. The fourth-order valence-corrected chi connectivity index (χ4v) is 2.60. The number of carbonyl (C=O) groups excluding carboxylic acids is 1. The number of rotatable bonds is 4. The summed E-state index contributed by atoms with van der Waals surface area (Å²) in [6.45, 7) is 2.11. The smallest absolute Gasteiger partial charge is 0.292 e. The molecule has 1 fully saturated rings. The molecule has 0 spiro atoms. The second-order valence-electron chi connectivity index (χ2n) is 5.16. The number of nitro groups is 1. The standard InChI is InChI=1S/C13H15N3O3/c1-2-7-3-9(7)14-11-6-10-8(5-13(17)15-10)4-12(11)16(18)19/h4,6-7,9,14H,2-3,5H2,1H3,(H,15,17). The Balaban J connectivity index is 1.91. The normalized spacial score (nSPS) is 23.7. The van der Waals surface area contributed by atoms with E-state index in [1.807, 2.05) is 0 Å². The van der Waals surface area contributed by atoms with Crippen molar-refractivity contribution in [2.75, 3.05) is 10.6 Å². The number of anilines is 2. The van der Waals surface area contributed by atoms with Crippen LogP contribution in [0.5, 0.6) is 0 Å². The highest BCUT2D eigenvalue weighted by Gasteiger charge is 2.37. The van der Waals surface area contributed by atoms with Crippen LogP contribution >= 0.6 is 0 Å². The van der Waals surface area contributed by atoms with Crippen LogP contribution in [0.15, 0.2) is 12.1 Å². The van der Waals surface area contributed by atoms with Gasteiger partial charge in [-0.2, -0.15) is 0 Å². The molecule has 2 N–H and O–H groups in total. The molecule has 1 aromatic rings. The summed E-state index contributed by atoms with van der Waals surface area (Å²) in [6.07, 6.45) is 2.35. The lowest BCUT2D eigenvalue weighted by Crippen LogP contribution is -2.07. The van der Waals surface area contributed by atoms with Crippen LogP contribution in [0.4, 0.5) is 17.1 Å². The zero-order valence-electron chi connectivity index (χ0n) is 10.6. The molecule has 1 amide bonds. The van der Waals surface area contributed by atoms with Gasteiger partial charge in [-0.25, -0.2) is 0 Å². The Morgan fingerprint density at radius 2 is 2.32 bits per heavy atom. The molecule has 0 radical (unpaired) electrons. The third-order valence-electron chi connectivity index (χ3n) is 3.83. The van der Waals surface area contributed by atoms with E-state index in [9.17, 15) is 14.9 Å². The average Bonchev–Trinajstić information content (AvgIpc) is 3.00. The molecular formula is C13H15N3O3. The van der Waals surface area contributed by atoms with E-state index in [1.54, 1.807) is 6.07 Å². The van der Waals surface area contributed by atoms with Crippen molar-refractivity contribution in [3.63, 3.8) is 0 Å². The van der Waals surface area contributed by atoms with Crippen molar-refractivity contribution >= 4 is 23.0 Å². The minimum Gasteiger partial charge on any atom is -0.376 e. The molecule has 2 aliphatic rings. The summed E-state index contributed by atoms with van der Waals surface area (Å²) >= 11 is 0. The largest absolute Gasteiger partial charge is 0.376 e. The number of nitro benzene ring substituents is 1. The van der Waals surface area contributed by atoms with E-state index < -0.39 is 4.92 Å². The van der Waals surface area contributed by atoms with Crippen molar-refractivity contribution in [3.05, 3.63) is 27.8 Å². The predicted octanol–water partition coefficient (Wildman–Crippen LogP) is 2.30. The van der Waals surface area contributed by atoms with E-state index >= 15 is 0 Å². The van der Waals surface area contributed by atoms with Crippen molar-refractivity contribution in [1.82, 2.24) is 0 Å². The van der Waals surface area contributed by atoms with Gasteiger partial charge in [0.05, 0.1) is 11.3 Å². The molecule has 0 aromatic heterocycles. The molecule has 2 atom stereocenters. The first-order valence-corrected chi connectivity index (χ1v) is 6.46. The summed E-state index contributed by atoms with van der Waals surface area (Å²) in [6, 6.07) is 3.50. The minimum atomic E-state index is -0.394. The van der Waals surface area contributed by atoms with Gasteiger partial charge in [-0.15, -0.1) is 0 Å². The highest BCUT2D eigenvalue weighted by atomic mass is 16.6. The summed E-state index contributed by atoms with van der Waals surface area (Å²) in [5.41, 5.74) is 1.95. The first kappa shape index (κ1) is 12.0. The number of hydrogen-bond acceptors (Lipinski definition) is 4. The molecule has 0 bridgehead atoms. The van der Waals surface area contributed by atoms with Gasteiger partial charge in [0, 0.05) is 17.8 Å². The molecule has 1 aliphatic carbocycles. The molecule has 19 heavy (non-hydrogen) atoms. The molecule has 6 heteroatoms. The lowest BCUT2D eigenvalue weighted by molar-refractivity contribution is -0.384. The van der Waals surface area contributed by atoms with Crippen LogP contribution < -0.4 is 10.6 Å². The summed E-state index contributed by atoms with van der Waals surface area (Å²) in [5, 5.41) is 17.1. The number of amides is 1. The molecule has 1 aliphatic heterocycles. The van der Waals surface area contributed by atoms with Gasteiger partial charge in [0.1, 0.15) is 5.69 Å². The van der Waals surface area contributed by atoms with Crippen LogP contribution in [-0.4, -0.2) is 16.9 Å². The third kappa shape index (κ3) is 2.14. The van der Waals surface area contributed by atoms with Gasteiger partial charge in [0.15, 0.2) is 0 Å². The number of fused-ring (bicyclic) bond motifs is 1. The van der Waals surface area contributed by atoms with Gasteiger partial charge >= 0.3 is 0 Å². The Morgan fingerprint density at radius 3 is 2.95 bits per heavy atom. The Morgan fingerprint density at radius 1 is 1.53 bits per heavy atom. The highest BCUT2D eigenvalue weighted by molar-refractivity contribution is 6.00. The maximum absolute atomic E-state index is 11.3. The minimum absolute atomic E-state index is 0.0528. The molecule has 2 unspecified atom stereocenters. The zero-order valence-corrected chi connectivity index (χ0v) is 10.6. The van der Waals surface area contributed by atoms with Crippen LogP contribution in [0.1, 0.15) is 25.3 Å². The number of benzene rings is 1. The van der Waals surface area contributed by atoms with Crippen molar-refractivity contribution in [2.24, 2.45) is 5.92 Å². The second-order valence-corrected chi connectivity index (χ2v) is 5.16. The SMILES string of the molecule is CCC1CC1Nc1cc2c(cc1[N+](=O)[O-])CC(=O)N2. The Kier molecular flexibility index (Phi) is 2.66. The monoisotopic (exact) mass is 261 g/mol. The number of nitrogens with zero attached hydrogens (tertiary/aromatic N) is 1. The van der Waals surface area contributed by atoms with E-state index in [0.29, 0.717) is 28.9 Å². The zero-order chi connectivity index (χ0) is 13.6. The topological polar surface area (TPSA) is 84.3 Å². The third-order valence-corrected chi connectivity index (χ3v) is 3.83. The average molecular weight is 261 g/mol. The Hall–Kier alpha value is -2.11. The maximum Gasteiger partial charge on any atom is 0.292 e. The van der Waals surface area contributed by atoms with Crippen molar-refractivity contribution < 1.29 is 9.72 Å². The van der Waals surface area contributed by atoms with Crippen molar-refractivity contribution in [3.8, 4) is 0 Å². The Bertz CT molecular complexity index is 570. The molecule has 100 valence electrons. The summed E-state index contributed by atoms with van der Waals surface area (Å²) in [7, 11) is 0. The maximum atomic E-state index is 11.3. The number of hydrogen-bond donors (Lipinski definition) is 2. The number of nitrogens with one attached hydrogen (secondary N) is 2. The molecule has 1 heterocycles.